The minimum atomic E-state index is -0.689. The molecule has 0 unspecified atom stereocenters. The number of nitrogens with zero attached hydrogens (tertiary/aromatic N) is 3. The number of benzene rings is 1. The number of carbonyl (C=O) groups excluding carboxylic acids is 1. The monoisotopic (exact) mass is 415 g/mol. The molecule has 0 radical (unpaired) electrons. The highest BCUT2D eigenvalue weighted by Gasteiger charge is 2.33. The van der Waals surface area contributed by atoms with Crippen molar-refractivity contribution in [3.05, 3.63) is 29.8 Å². The van der Waals surface area contributed by atoms with Gasteiger partial charge in [0.1, 0.15) is 5.54 Å². The van der Waals surface area contributed by atoms with Crippen LogP contribution in [0.25, 0.3) is 0 Å². The number of nitriles is 1. The standard InChI is InChI=1S/C20H25N5OS2/c1-14(2)15-6-8-16(9-7-15)22-18-24-25-19(28-18)27-12-17(26)23-20(13-21)10-4-3-5-11-20/h6-9,14H,3-5,10-12H2,1-2H3,(H,22,24)(H,23,26). The van der Waals surface area contributed by atoms with E-state index in [2.05, 4.69) is 52.9 Å². The molecule has 1 aromatic heterocycles. The van der Waals surface area contributed by atoms with Gasteiger partial charge in [0.05, 0.1) is 11.8 Å². The van der Waals surface area contributed by atoms with Crippen LogP contribution in [0.2, 0.25) is 0 Å². The summed E-state index contributed by atoms with van der Waals surface area (Å²) in [5, 5.41) is 24.6. The molecule has 1 aliphatic carbocycles. The van der Waals surface area contributed by atoms with Gasteiger partial charge < -0.3 is 10.6 Å². The van der Waals surface area contributed by atoms with E-state index in [-0.39, 0.29) is 11.7 Å². The van der Waals surface area contributed by atoms with Crippen LogP contribution in [0, 0.1) is 11.3 Å². The van der Waals surface area contributed by atoms with Crippen molar-refractivity contribution in [3.8, 4) is 6.07 Å². The summed E-state index contributed by atoms with van der Waals surface area (Å²) in [6.45, 7) is 4.33. The maximum Gasteiger partial charge on any atom is 0.231 e. The maximum absolute atomic E-state index is 12.3. The molecule has 2 aromatic rings. The highest BCUT2D eigenvalue weighted by molar-refractivity contribution is 8.01. The van der Waals surface area contributed by atoms with Crippen molar-refractivity contribution in [1.82, 2.24) is 15.5 Å². The zero-order chi connectivity index (χ0) is 20.0. The van der Waals surface area contributed by atoms with E-state index in [1.54, 1.807) is 0 Å². The van der Waals surface area contributed by atoms with Crippen LogP contribution in [0.15, 0.2) is 28.6 Å². The van der Waals surface area contributed by atoms with E-state index in [0.717, 1.165) is 42.1 Å². The number of nitrogens with one attached hydrogen (secondary N) is 2. The second-order valence-corrected chi connectivity index (χ2v) is 9.57. The molecule has 8 heteroatoms. The fourth-order valence-corrected chi connectivity index (χ4v) is 4.82. The molecule has 148 valence electrons. The number of anilines is 2. The minimum absolute atomic E-state index is 0.123. The minimum Gasteiger partial charge on any atom is -0.337 e. The number of hydrogen-bond donors (Lipinski definition) is 2. The van der Waals surface area contributed by atoms with Crippen LogP contribution in [0.3, 0.4) is 0 Å². The molecule has 0 spiro atoms. The normalized spacial score (nSPS) is 15.8. The second kappa shape index (κ2) is 9.39. The van der Waals surface area contributed by atoms with E-state index >= 15 is 0 Å². The summed E-state index contributed by atoms with van der Waals surface area (Å²) in [7, 11) is 0. The predicted molar refractivity (Wildman–Crippen MR) is 114 cm³/mol. The SMILES string of the molecule is CC(C)c1ccc(Nc2nnc(SCC(=O)NC3(C#N)CCCCC3)s2)cc1. The highest BCUT2D eigenvalue weighted by atomic mass is 32.2. The van der Waals surface area contributed by atoms with E-state index in [1.807, 2.05) is 12.1 Å². The summed E-state index contributed by atoms with van der Waals surface area (Å²) in [5.41, 5.74) is 1.56. The summed E-state index contributed by atoms with van der Waals surface area (Å²) >= 11 is 2.76. The Hall–Kier alpha value is -2.11. The first-order chi connectivity index (χ1) is 13.5. The van der Waals surface area contributed by atoms with Crippen LogP contribution in [0.1, 0.15) is 57.4 Å². The quantitative estimate of drug-likeness (QED) is 0.629. The average molecular weight is 416 g/mol. The van der Waals surface area contributed by atoms with Crippen molar-refractivity contribution in [2.45, 2.75) is 61.7 Å². The molecule has 2 N–H and O–H groups in total. The molecular formula is C20H25N5OS2. The second-order valence-electron chi connectivity index (χ2n) is 7.37. The number of amides is 1. The third kappa shape index (κ3) is 5.46. The lowest BCUT2D eigenvalue weighted by molar-refractivity contribution is -0.120. The first-order valence-electron chi connectivity index (χ1n) is 9.55. The maximum atomic E-state index is 12.3. The third-order valence-corrected chi connectivity index (χ3v) is 6.83. The first-order valence-corrected chi connectivity index (χ1v) is 11.4. The van der Waals surface area contributed by atoms with Gasteiger partial charge in [0.15, 0.2) is 4.34 Å². The predicted octanol–water partition coefficient (Wildman–Crippen LogP) is 4.84. The fourth-order valence-electron chi connectivity index (χ4n) is 3.24. The van der Waals surface area contributed by atoms with Crippen molar-refractivity contribution >= 4 is 39.8 Å². The van der Waals surface area contributed by atoms with Gasteiger partial charge in [0.2, 0.25) is 11.0 Å². The number of aromatic nitrogens is 2. The molecule has 28 heavy (non-hydrogen) atoms. The average Bonchev–Trinajstić information content (AvgIpc) is 3.15. The van der Waals surface area contributed by atoms with Gasteiger partial charge in [0, 0.05) is 5.69 Å². The molecule has 1 aromatic carbocycles. The molecule has 1 aliphatic rings. The van der Waals surface area contributed by atoms with Crippen LogP contribution < -0.4 is 10.6 Å². The smallest absolute Gasteiger partial charge is 0.231 e. The Kier molecular flexibility index (Phi) is 6.92. The summed E-state index contributed by atoms with van der Waals surface area (Å²) in [5.74, 6) is 0.613. The Morgan fingerprint density at radius 2 is 1.96 bits per heavy atom. The Labute approximate surface area is 174 Å². The molecule has 1 saturated carbocycles. The van der Waals surface area contributed by atoms with Gasteiger partial charge in [-0.05, 0) is 36.5 Å². The van der Waals surface area contributed by atoms with Gasteiger partial charge >= 0.3 is 0 Å². The van der Waals surface area contributed by atoms with Crippen molar-refractivity contribution in [3.63, 3.8) is 0 Å². The number of hydrogen-bond acceptors (Lipinski definition) is 7. The summed E-state index contributed by atoms with van der Waals surface area (Å²) < 4.78 is 0.728. The Balaban J connectivity index is 1.50. The summed E-state index contributed by atoms with van der Waals surface area (Å²) in [6.07, 6.45) is 4.59. The van der Waals surface area contributed by atoms with Crippen molar-refractivity contribution in [2.24, 2.45) is 0 Å². The van der Waals surface area contributed by atoms with Crippen LogP contribution >= 0.6 is 23.1 Å². The molecule has 3 rings (SSSR count). The van der Waals surface area contributed by atoms with Gasteiger partial charge in [-0.25, -0.2) is 0 Å². The molecule has 0 aliphatic heterocycles. The van der Waals surface area contributed by atoms with E-state index in [0.29, 0.717) is 11.0 Å². The summed E-state index contributed by atoms with van der Waals surface area (Å²) in [6, 6.07) is 10.6. The number of rotatable bonds is 7. The van der Waals surface area contributed by atoms with Gasteiger partial charge in [0.25, 0.3) is 0 Å². The Morgan fingerprint density at radius 1 is 1.25 bits per heavy atom. The molecule has 1 heterocycles. The third-order valence-electron chi connectivity index (χ3n) is 4.86. The molecule has 0 bridgehead atoms. The van der Waals surface area contributed by atoms with Crippen LogP contribution in [0.5, 0.6) is 0 Å². The molecule has 1 amide bonds. The zero-order valence-electron chi connectivity index (χ0n) is 16.2. The molecule has 1 fully saturated rings. The van der Waals surface area contributed by atoms with Gasteiger partial charge in [-0.2, -0.15) is 5.26 Å². The number of thioether (sulfide) groups is 1. The van der Waals surface area contributed by atoms with E-state index in [4.69, 9.17) is 0 Å². The molecule has 6 nitrogen and oxygen atoms in total. The van der Waals surface area contributed by atoms with Crippen LogP contribution in [-0.4, -0.2) is 27.4 Å². The Morgan fingerprint density at radius 3 is 2.61 bits per heavy atom. The van der Waals surface area contributed by atoms with Gasteiger partial charge in [-0.3, -0.25) is 4.79 Å². The van der Waals surface area contributed by atoms with E-state index < -0.39 is 5.54 Å². The van der Waals surface area contributed by atoms with Gasteiger partial charge in [-0.1, -0.05) is 68.3 Å². The van der Waals surface area contributed by atoms with Gasteiger partial charge in [-0.15, -0.1) is 10.2 Å². The molecular weight excluding hydrogens is 390 g/mol. The van der Waals surface area contributed by atoms with Crippen LogP contribution in [0.4, 0.5) is 10.8 Å². The van der Waals surface area contributed by atoms with Crippen molar-refractivity contribution < 1.29 is 4.79 Å². The lowest BCUT2D eigenvalue weighted by Gasteiger charge is -2.31. The van der Waals surface area contributed by atoms with E-state index in [1.165, 1.54) is 28.7 Å². The fraction of sp³-hybridized carbons (Fsp3) is 0.500. The molecule has 0 atom stereocenters. The lowest BCUT2D eigenvalue weighted by Crippen LogP contribution is -2.49. The first kappa shape index (κ1) is 20.6. The topological polar surface area (TPSA) is 90.7 Å². The molecule has 0 saturated heterocycles. The van der Waals surface area contributed by atoms with E-state index in [9.17, 15) is 10.1 Å². The van der Waals surface area contributed by atoms with Crippen molar-refractivity contribution in [2.75, 3.05) is 11.1 Å². The lowest BCUT2D eigenvalue weighted by atomic mass is 9.83. The Bertz CT molecular complexity index is 835. The highest BCUT2D eigenvalue weighted by Crippen LogP contribution is 2.30. The summed E-state index contributed by atoms with van der Waals surface area (Å²) in [4.78, 5) is 12.3. The van der Waals surface area contributed by atoms with Crippen molar-refractivity contribution in [1.29, 1.82) is 5.26 Å². The number of carbonyl (C=O) groups is 1. The largest absolute Gasteiger partial charge is 0.337 e. The van der Waals surface area contributed by atoms with Crippen LogP contribution in [-0.2, 0) is 4.79 Å². The zero-order valence-corrected chi connectivity index (χ0v) is 17.8.